The summed E-state index contributed by atoms with van der Waals surface area (Å²) in [6, 6.07) is 1.96. The number of amides is 1. The van der Waals surface area contributed by atoms with Crippen molar-refractivity contribution in [2.45, 2.75) is 27.2 Å². The van der Waals surface area contributed by atoms with Gasteiger partial charge in [-0.25, -0.2) is 0 Å². The molecular weight excluding hydrogens is 164 g/mol. The highest BCUT2D eigenvalue weighted by atomic mass is 16.1. The lowest BCUT2D eigenvalue weighted by atomic mass is 10.1. The molecule has 1 N–H and O–H groups in total. The monoisotopic (exact) mass is 180 g/mol. The van der Waals surface area contributed by atoms with Crippen LogP contribution < -0.4 is 5.32 Å². The fraction of sp³-hybridized carbons (Fsp3) is 0.600. The van der Waals surface area contributed by atoms with E-state index < -0.39 is 5.92 Å². The molecule has 1 unspecified atom stereocenters. The predicted octanol–water partition coefficient (Wildman–Crippen LogP) is 1.62. The third-order valence-electron chi connectivity index (χ3n) is 1.67. The lowest BCUT2D eigenvalue weighted by Gasteiger charge is -2.05. The first-order valence-electron chi connectivity index (χ1n) is 4.42. The lowest BCUT2D eigenvalue weighted by Crippen LogP contribution is -2.29. The summed E-state index contributed by atoms with van der Waals surface area (Å²) in [5, 5.41) is 11.3. The van der Waals surface area contributed by atoms with E-state index in [2.05, 4.69) is 5.32 Å². The molecule has 0 rings (SSSR count). The first-order chi connectivity index (χ1) is 6.11. The summed E-state index contributed by atoms with van der Waals surface area (Å²) in [7, 11) is 0. The molecule has 3 nitrogen and oxygen atoms in total. The van der Waals surface area contributed by atoms with Crippen LogP contribution in [0.1, 0.15) is 27.2 Å². The number of rotatable bonds is 4. The second-order valence-corrected chi connectivity index (χ2v) is 3.12. The van der Waals surface area contributed by atoms with Gasteiger partial charge in [0.1, 0.15) is 5.92 Å². The first kappa shape index (κ1) is 11.7. The first-order valence-corrected chi connectivity index (χ1v) is 4.42. The Bertz CT molecular complexity index is 234. The second kappa shape index (κ2) is 6.24. The Morgan fingerprint density at radius 1 is 1.62 bits per heavy atom. The van der Waals surface area contributed by atoms with Gasteiger partial charge in [-0.05, 0) is 20.3 Å². The van der Waals surface area contributed by atoms with E-state index in [-0.39, 0.29) is 5.91 Å². The SMILES string of the molecule is CCC(C#N)C(=O)NCC=C(C)C. The molecule has 1 atom stereocenters. The molecule has 0 aromatic carbocycles. The molecule has 0 fully saturated rings. The van der Waals surface area contributed by atoms with Crippen molar-refractivity contribution >= 4 is 5.91 Å². The molecule has 0 aromatic heterocycles. The predicted molar refractivity (Wildman–Crippen MR) is 51.8 cm³/mol. The normalized spacial score (nSPS) is 11.2. The Balaban J connectivity index is 3.88. The number of hydrogen-bond acceptors (Lipinski definition) is 2. The van der Waals surface area contributed by atoms with Crippen molar-refractivity contribution in [1.29, 1.82) is 5.26 Å². The summed E-state index contributed by atoms with van der Waals surface area (Å²) in [6.45, 7) is 6.27. The Kier molecular flexibility index (Phi) is 5.62. The fourth-order valence-electron chi connectivity index (χ4n) is 0.814. The van der Waals surface area contributed by atoms with Gasteiger partial charge in [-0.1, -0.05) is 18.6 Å². The Hall–Kier alpha value is -1.30. The molecule has 0 aliphatic carbocycles. The van der Waals surface area contributed by atoms with Gasteiger partial charge in [0.15, 0.2) is 0 Å². The van der Waals surface area contributed by atoms with Crippen molar-refractivity contribution in [2.24, 2.45) is 5.92 Å². The van der Waals surface area contributed by atoms with Crippen molar-refractivity contribution in [3.63, 3.8) is 0 Å². The van der Waals surface area contributed by atoms with E-state index in [9.17, 15) is 4.79 Å². The topological polar surface area (TPSA) is 52.9 Å². The zero-order valence-electron chi connectivity index (χ0n) is 8.42. The van der Waals surface area contributed by atoms with Crippen LogP contribution in [-0.4, -0.2) is 12.5 Å². The molecule has 3 heteroatoms. The van der Waals surface area contributed by atoms with Crippen molar-refractivity contribution < 1.29 is 4.79 Å². The Morgan fingerprint density at radius 3 is 2.62 bits per heavy atom. The minimum atomic E-state index is -0.509. The van der Waals surface area contributed by atoms with Gasteiger partial charge in [-0.3, -0.25) is 4.79 Å². The summed E-state index contributed by atoms with van der Waals surface area (Å²) in [6.07, 6.45) is 2.49. The standard InChI is InChI=1S/C10H16N2O/c1-4-9(7-11)10(13)12-6-5-8(2)3/h5,9H,4,6H2,1-3H3,(H,12,13). The number of carbonyl (C=O) groups is 1. The fourth-order valence-corrected chi connectivity index (χ4v) is 0.814. The van der Waals surface area contributed by atoms with Gasteiger partial charge in [0.05, 0.1) is 6.07 Å². The van der Waals surface area contributed by atoms with E-state index in [1.165, 1.54) is 0 Å². The highest BCUT2D eigenvalue weighted by Crippen LogP contribution is 1.99. The van der Waals surface area contributed by atoms with Gasteiger partial charge in [0, 0.05) is 6.54 Å². The number of nitrogens with one attached hydrogen (secondary N) is 1. The number of nitriles is 1. The Labute approximate surface area is 79.4 Å². The summed E-state index contributed by atoms with van der Waals surface area (Å²) >= 11 is 0. The van der Waals surface area contributed by atoms with E-state index >= 15 is 0 Å². The average molecular weight is 180 g/mol. The molecule has 0 radical (unpaired) electrons. The zero-order valence-corrected chi connectivity index (χ0v) is 8.42. The maximum Gasteiger partial charge on any atom is 0.237 e. The number of hydrogen-bond donors (Lipinski definition) is 1. The van der Waals surface area contributed by atoms with Crippen molar-refractivity contribution in [3.05, 3.63) is 11.6 Å². The van der Waals surface area contributed by atoms with Gasteiger partial charge in [-0.15, -0.1) is 0 Å². The van der Waals surface area contributed by atoms with Gasteiger partial charge >= 0.3 is 0 Å². The van der Waals surface area contributed by atoms with E-state index in [0.29, 0.717) is 13.0 Å². The van der Waals surface area contributed by atoms with E-state index in [0.717, 1.165) is 5.57 Å². The quantitative estimate of drug-likeness (QED) is 0.668. The summed E-state index contributed by atoms with van der Waals surface area (Å²) in [5.41, 5.74) is 1.16. The van der Waals surface area contributed by atoms with E-state index in [1.807, 2.05) is 32.9 Å². The van der Waals surface area contributed by atoms with Crippen LogP contribution in [0.25, 0.3) is 0 Å². The molecule has 0 saturated heterocycles. The molecule has 0 bridgehead atoms. The molecule has 0 aromatic rings. The van der Waals surface area contributed by atoms with E-state index in [4.69, 9.17) is 5.26 Å². The lowest BCUT2D eigenvalue weighted by molar-refractivity contribution is -0.123. The Morgan fingerprint density at radius 2 is 2.23 bits per heavy atom. The smallest absolute Gasteiger partial charge is 0.237 e. The highest BCUT2D eigenvalue weighted by Gasteiger charge is 2.13. The molecule has 0 heterocycles. The zero-order chi connectivity index (χ0) is 10.3. The maximum atomic E-state index is 11.2. The van der Waals surface area contributed by atoms with Gasteiger partial charge in [0.25, 0.3) is 0 Å². The van der Waals surface area contributed by atoms with Crippen LogP contribution in [0.5, 0.6) is 0 Å². The van der Waals surface area contributed by atoms with Gasteiger partial charge in [0.2, 0.25) is 5.91 Å². The number of allylic oxidation sites excluding steroid dienone is 1. The van der Waals surface area contributed by atoms with Crippen molar-refractivity contribution in [2.75, 3.05) is 6.54 Å². The minimum absolute atomic E-state index is 0.178. The molecule has 1 amide bonds. The summed E-state index contributed by atoms with van der Waals surface area (Å²) < 4.78 is 0. The van der Waals surface area contributed by atoms with Gasteiger partial charge < -0.3 is 5.32 Å². The van der Waals surface area contributed by atoms with Crippen LogP contribution in [0.3, 0.4) is 0 Å². The second-order valence-electron chi connectivity index (χ2n) is 3.12. The third-order valence-corrected chi connectivity index (χ3v) is 1.67. The van der Waals surface area contributed by atoms with Crippen molar-refractivity contribution in [1.82, 2.24) is 5.32 Å². The van der Waals surface area contributed by atoms with Crippen molar-refractivity contribution in [3.8, 4) is 6.07 Å². The molecule has 0 saturated carbocycles. The highest BCUT2D eigenvalue weighted by molar-refractivity contribution is 5.81. The molecule has 0 aliphatic rings. The third kappa shape index (κ3) is 5.02. The number of carbonyl (C=O) groups excluding carboxylic acids is 1. The minimum Gasteiger partial charge on any atom is -0.351 e. The average Bonchev–Trinajstić information content (AvgIpc) is 2.05. The van der Waals surface area contributed by atoms with E-state index in [1.54, 1.807) is 0 Å². The largest absolute Gasteiger partial charge is 0.351 e. The summed E-state index contributed by atoms with van der Waals surface area (Å²) in [4.78, 5) is 11.2. The van der Waals surface area contributed by atoms with Crippen LogP contribution in [0.15, 0.2) is 11.6 Å². The van der Waals surface area contributed by atoms with Gasteiger partial charge in [-0.2, -0.15) is 5.26 Å². The van der Waals surface area contributed by atoms with Crippen LogP contribution in [0.2, 0.25) is 0 Å². The summed E-state index contributed by atoms with van der Waals surface area (Å²) in [5.74, 6) is -0.687. The number of nitrogens with zero attached hydrogens (tertiary/aromatic N) is 1. The molecular formula is C10H16N2O. The molecule has 0 spiro atoms. The van der Waals surface area contributed by atoms with Crippen LogP contribution in [-0.2, 0) is 4.79 Å². The molecule has 72 valence electrons. The molecule has 13 heavy (non-hydrogen) atoms. The molecule has 0 aliphatic heterocycles. The van der Waals surface area contributed by atoms with Crippen LogP contribution >= 0.6 is 0 Å². The van der Waals surface area contributed by atoms with Crippen LogP contribution in [0, 0.1) is 17.2 Å². The van der Waals surface area contributed by atoms with Crippen LogP contribution in [0.4, 0.5) is 0 Å². The maximum absolute atomic E-state index is 11.2.